The first-order valence-electron chi connectivity index (χ1n) is 9.18. The third-order valence-electron chi connectivity index (χ3n) is 5.31. The van der Waals surface area contributed by atoms with Crippen LogP contribution in [-0.2, 0) is 4.79 Å². The number of H-pyrrole nitrogens is 2. The molecule has 0 saturated carbocycles. The number of allylic oxidation sites excluding steroid dienone is 2. The van der Waals surface area contributed by atoms with E-state index in [0.717, 1.165) is 0 Å². The molecule has 0 amide bonds. The van der Waals surface area contributed by atoms with E-state index in [1.807, 2.05) is 0 Å². The Morgan fingerprint density at radius 3 is 2.24 bits per heavy atom. The minimum Gasteiger partial charge on any atom is -0.493 e. The maximum atomic E-state index is 12.9. The Morgan fingerprint density at radius 2 is 1.62 bits per heavy atom. The highest BCUT2D eigenvalue weighted by Gasteiger charge is 2.38. The van der Waals surface area contributed by atoms with Crippen molar-refractivity contribution in [1.29, 1.82) is 0 Å². The molecular formula is C20H21N3O6. The van der Waals surface area contributed by atoms with Crippen molar-refractivity contribution in [3.05, 3.63) is 55.4 Å². The second-order valence-electron chi connectivity index (χ2n) is 6.88. The molecule has 29 heavy (non-hydrogen) atoms. The number of hydrogen-bond acceptors (Lipinski definition) is 7. The van der Waals surface area contributed by atoms with Gasteiger partial charge in [0.2, 0.25) is 5.75 Å². The van der Waals surface area contributed by atoms with E-state index in [4.69, 9.17) is 14.2 Å². The SMILES string of the molecule is COc1cc([C@H]2C3=C(CCCC3=O)Nc3[nH]c(=O)[nH]c(=O)c32)cc(OC)c1OC. The highest BCUT2D eigenvalue weighted by atomic mass is 16.5. The van der Waals surface area contributed by atoms with Gasteiger partial charge >= 0.3 is 5.69 Å². The Morgan fingerprint density at radius 1 is 0.931 bits per heavy atom. The minimum absolute atomic E-state index is 0.0336. The Hall–Kier alpha value is -3.49. The van der Waals surface area contributed by atoms with E-state index in [1.54, 1.807) is 12.1 Å². The zero-order valence-corrected chi connectivity index (χ0v) is 16.3. The number of carbonyl (C=O) groups is 1. The van der Waals surface area contributed by atoms with Crippen LogP contribution in [0, 0.1) is 0 Å². The summed E-state index contributed by atoms with van der Waals surface area (Å²) < 4.78 is 16.3. The van der Waals surface area contributed by atoms with Crippen LogP contribution < -0.4 is 30.8 Å². The summed E-state index contributed by atoms with van der Waals surface area (Å²) in [4.78, 5) is 42.3. The topological polar surface area (TPSA) is 123 Å². The van der Waals surface area contributed by atoms with E-state index in [2.05, 4.69) is 15.3 Å². The van der Waals surface area contributed by atoms with Crippen LogP contribution in [0.5, 0.6) is 17.2 Å². The summed E-state index contributed by atoms with van der Waals surface area (Å²) in [5, 5.41) is 3.09. The Labute approximate surface area is 165 Å². The maximum absolute atomic E-state index is 12.9. The van der Waals surface area contributed by atoms with Crippen LogP contribution in [0.1, 0.15) is 36.3 Å². The fraction of sp³-hybridized carbons (Fsp3) is 0.350. The van der Waals surface area contributed by atoms with Crippen LogP contribution in [0.4, 0.5) is 5.82 Å². The number of nitrogens with one attached hydrogen (secondary N) is 3. The summed E-state index contributed by atoms with van der Waals surface area (Å²) >= 11 is 0. The van der Waals surface area contributed by atoms with E-state index in [-0.39, 0.29) is 11.3 Å². The lowest BCUT2D eigenvalue weighted by molar-refractivity contribution is -0.116. The highest BCUT2D eigenvalue weighted by molar-refractivity contribution is 6.01. The predicted octanol–water partition coefficient (Wildman–Crippen LogP) is 1.65. The zero-order chi connectivity index (χ0) is 20.7. The van der Waals surface area contributed by atoms with Crippen molar-refractivity contribution in [2.75, 3.05) is 26.6 Å². The molecule has 1 aromatic carbocycles. The predicted molar refractivity (Wildman–Crippen MR) is 105 cm³/mol. The van der Waals surface area contributed by atoms with Gasteiger partial charge in [-0.2, -0.15) is 0 Å². The number of Topliss-reactive ketones (excluding diaryl/α,β-unsaturated/α-hetero) is 1. The zero-order valence-electron chi connectivity index (χ0n) is 16.3. The molecular weight excluding hydrogens is 378 g/mol. The van der Waals surface area contributed by atoms with E-state index in [9.17, 15) is 14.4 Å². The first-order valence-corrected chi connectivity index (χ1v) is 9.18. The third kappa shape index (κ3) is 2.98. The molecule has 1 aliphatic heterocycles. The number of methoxy groups -OCH3 is 3. The number of ether oxygens (including phenoxy) is 3. The van der Waals surface area contributed by atoms with Gasteiger partial charge in [-0.3, -0.25) is 19.6 Å². The first-order chi connectivity index (χ1) is 14.0. The lowest BCUT2D eigenvalue weighted by Crippen LogP contribution is -2.36. The number of rotatable bonds is 4. The second kappa shape index (κ2) is 7.16. The van der Waals surface area contributed by atoms with Crippen molar-refractivity contribution in [2.45, 2.75) is 25.2 Å². The van der Waals surface area contributed by atoms with E-state index < -0.39 is 17.2 Å². The van der Waals surface area contributed by atoms with Gasteiger partial charge in [-0.25, -0.2) is 4.79 Å². The molecule has 9 nitrogen and oxygen atoms in total. The Bertz CT molecular complexity index is 1120. The normalized spacial score (nSPS) is 17.9. The smallest absolute Gasteiger partial charge is 0.327 e. The molecule has 0 radical (unpaired) electrons. The molecule has 152 valence electrons. The van der Waals surface area contributed by atoms with Crippen LogP contribution in [0.3, 0.4) is 0 Å². The quantitative estimate of drug-likeness (QED) is 0.714. The van der Waals surface area contributed by atoms with E-state index in [0.29, 0.717) is 59.2 Å². The number of benzene rings is 1. The molecule has 0 bridgehead atoms. The number of anilines is 1. The molecule has 9 heteroatoms. The molecule has 1 atom stereocenters. The van der Waals surface area contributed by atoms with Gasteiger partial charge in [0.05, 0.1) is 26.9 Å². The van der Waals surface area contributed by atoms with E-state index in [1.165, 1.54) is 21.3 Å². The van der Waals surface area contributed by atoms with Gasteiger partial charge in [-0.1, -0.05) is 0 Å². The maximum Gasteiger partial charge on any atom is 0.327 e. The van der Waals surface area contributed by atoms with Crippen molar-refractivity contribution < 1.29 is 19.0 Å². The van der Waals surface area contributed by atoms with Crippen molar-refractivity contribution in [2.24, 2.45) is 0 Å². The summed E-state index contributed by atoms with van der Waals surface area (Å²) in [6.07, 6.45) is 1.75. The fourth-order valence-electron chi connectivity index (χ4n) is 4.10. The first kappa shape index (κ1) is 18.9. The van der Waals surface area contributed by atoms with Gasteiger partial charge < -0.3 is 19.5 Å². The molecule has 0 unspecified atom stereocenters. The van der Waals surface area contributed by atoms with Crippen LogP contribution in [0.25, 0.3) is 0 Å². The number of hydrogen-bond donors (Lipinski definition) is 3. The minimum atomic E-state index is -0.677. The van der Waals surface area contributed by atoms with Crippen molar-refractivity contribution >= 4 is 11.6 Å². The van der Waals surface area contributed by atoms with Crippen LogP contribution in [0.15, 0.2) is 33.0 Å². The van der Waals surface area contributed by atoms with Gasteiger partial charge in [-0.15, -0.1) is 0 Å². The Kier molecular flexibility index (Phi) is 4.65. The van der Waals surface area contributed by atoms with Crippen LogP contribution in [0.2, 0.25) is 0 Å². The molecule has 1 aromatic heterocycles. The molecule has 1 aliphatic carbocycles. The number of aromatic amines is 2. The average molecular weight is 399 g/mol. The average Bonchev–Trinajstić information content (AvgIpc) is 2.71. The largest absolute Gasteiger partial charge is 0.493 e. The molecule has 4 rings (SSSR count). The summed E-state index contributed by atoms with van der Waals surface area (Å²) in [5.74, 6) is 0.817. The van der Waals surface area contributed by atoms with Gasteiger partial charge in [0.1, 0.15) is 5.82 Å². The summed E-state index contributed by atoms with van der Waals surface area (Å²) in [7, 11) is 4.50. The van der Waals surface area contributed by atoms with E-state index >= 15 is 0 Å². The molecule has 2 aromatic rings. The second-order valence-corrected chi connectivity index (χ2v) is 6.88. The molecule has 3 N–H and O–H groups in total. The summed E-state index contributed by atoms with van der Waals surface area (Å²) in [6, 6.07) is 3.44. The Balaban J connectivity index is 2.03. The standard InChI is InChI=1S/C20H21N3O6/c1-27-12-7-9(8-13(28-2)17(12)29-3)14-15-10(5-4-6-11(15)24)21-18-16(14)19(25)23-20(26)22-18/h7-8,14H,4-6H2,1-3H3,(H3,21,22,23,25,26)/t14-/m0/s1. The molecule has 2 heterocycles. The van der Waals surface area contributed by atoms with Crippen LogP contribution >= 0.6 is 0 Å². The number of aromatic nitrogens is 2. The lowest BCUT2D eigenvalue weighted by Gasteiger charge is -2.33. The van der Waals surface area contributed by atoms with Crippen molar-refractivity contribution in [1.82, 2.24) is 9.97 Å². The van der Waals surface area contributed by atoms with Gasteiger partial charge in [0.15, 0.2) is 17.3 Å². The lowest BCUT2D eigenvalue weighted by atomic mass is 9.76. The van der Waals surface area contributed by atoms with Gasteiger partial charge in [0.25, 0.3) is 5.56 Å². The van der Waals surface area contributed by atoms with Gasteiger partial charge in [-0.05, 0) is 30.5 Å². The van der Waals surface area contributed by atoms with Crippen molar-refractivity contribution in [3.63, 3.8) is 0 Å². The molecule has 2 aliphatic rings. The monoisotopic (exact) mass is 399 g/mol. The van der Waals surface area contributed by atoms with Crippen LogP contribution in [-0.4, -0.2) is 37.1 Å². The van der Waals surface area contributed by atoms with Gasteiger partial charge in [0, 0.05) is 23.6 Å². The molecule has 0 fully saturated rings. The molecule has 0 spiro atoms. The summed E-state index contributed by atoms with van der Waals surface area (Å²) in [5.41, 5.74) is 0.968. The number of fused-ring (bicyclic) bond motifs is 1. The number of ketones is 1. The van der Waals surface area contributed by atoms with Crippen molar-refractivity contribution in [3.8, 4) is 17.2 Å². The third-order valence-corrected chi connectivity index (χ3v) is 5.31. The summed E-state index contributed by atoms with van der Waals surface area (Å²) in [6.45, 7) is 0. The highest BCUT2D eigenvalue weighted by Crippen LogP contribution is 2.47. The fourth-order valence-corrected chi connectivity index (χ4v) is 4.10. The number of carbonyl (C=O) groups excluding carboxylic acids is 1. The molecule has 0 saturated heterocycles.